The molecule has 0 spiro atoms. The molecule has 0 saturated carbocycles. The molecule has 2 aromatic rings. The van der Waals surface area contributed by atoms with E-state index in [4.69, 9.17) is 32.7 Å². The molecule has 2 saturated heterocycles. The van der Waals surface area contributed by atoms with Crippen LogP contribution >= 0.6 is 23.2 Å². The number of ether oxygens (including phenoxy) is 2. The van der Waals surface area contributed by atoms with Crippen LogP contribution in [0.25, 0.3) is 0 Å². The van der Waals surface area contributed by atoms with Crippen molar-refractivity contribution in [3.05, 3.63) is 57.6 Å². The summed E-state index contributed by atoms with van der Waals surface area (Å²) in [6.07, 6.45) is 2.62. The highest BCUT2D eigenvalue weighted by Gasteiger charge is 2.41. The average molecular weight is 564 g/mol. The Balaban J connectivity index is 1.48. The number of nitrogens with zero attached hydrogens (tertiary/aromatic N) is 2. The lowest BCUT2D eigenvalue weighted by Gasteiger charge is -2.43. The lowest BCUT2D eigenvalue weighted by atomic mass is 9.77. The molecule has 1 N–H and O–H groups in total. The van der Waals surface area contributed by atoms with Crippen LogP contribution in [0.1, 0.15) is 43.2 Å². The highest BCUT2D eigenvalue weighted by Crippen LogP contribution is 2.36. The van der Waals surface area contributed by atoms with E-state index in [-0.39, 0.29) is 30.9 Å². The molecule has 2 aliphatic heterocycles. The second-order valence-corrected chi connectivity index (χ2v) is 11.4. The number of halogens is 2. The molecular formula is C29H36Cl2N2O5. The largest absolute Gasteiger partial charge is 0.493 e. The van der Waals surface area contributed by atoms with E-state index in [1.54, 1.807) is 29.2 Å². The zero-order chi connectivity index (χ0) is 27.3. The van der Waals surface area contributed by atoms with Crippen molar-refractivity contribution >= 4 is 35.0 Å². The Bertz CT molecular complexity index is 1130. The number of piperidine rings is 2. The number of carbonyl (C=O) groups excluding carboxylic acids is 2. The van der Waals surface area contributed by atoms with E-state index in [2.05, 4.69) is 0 Å². The zero-order valence-corrected chi connectivity index (χ0v) is 23.6. The predicted molar refractivity (Wildman–Crippen MR) is 148 cm³/mol. The molecule has 0 bridgehead atoms. The molecule has 2 fully saturated rings. The van der Waals surface area contributed by atoms with Crippen molar-refractivity contribution in [2.75, 3.05) is 39.4 Å². The number of rotatable bonds is 8. The van der Waals surface area contributed by atoms with Gasteiger partial charge in [0.15, 0.2) is 6.61 Å². The van der Waals surface area contributed by atoms with E-state index in [1.165, 1.54) is 0 Å². The van der Waals surface area contributed by atoms with Crippen LogP contribution < -0.4 is 9.47 Å². The number of aliphatic hydroxyl groups is 1. The Morgan fingerprint density at radius 2 is 1.68 bits per heavy atom. The first kappa shape index (κ1) is 28.5. The van der Waals surface area contributed by atoms with Crippen LogP contribution in [0.5, 0.6) is 11.5 Å². The molecule has 0 radical (unpaired) electrons. The zero-order valence-electron chi connectivity index (χ0n) is 22.1. The molecule has 1 atom stereocenters. The third-order valence-electron chi connectivity index (χ3n) is 7.47. The molecule has 206 valence electrons. The molecule has 0 unspecified atom stereocenters. The van der Waals surface area contributed by atoms with Gasteiger partial charge in [-0.25, -0.2) is 0 Å². The summed E-state index contributed by atoms with van der Waals surface area (Å²) in [5, 5.41) is 11.1. The smallest absolute Gasteiger partial charge is 0.260 e. The maximum atomic E-state index is 13.4. The Labute approximate surface area is 234 Å². The van der Waals surface area contributed by atoms with Crippen LogP contribution in [-0.4, -0.2) is 72.2 Å². The Morgan fingerprint density at radius 1 is 0.974 bits per heavy atom. The number of carbonyl (C=O) groups is 2. The topological polar surface area (TPSA) is 79.3 Å². The van der Waals surface area contributed by atoms with Gasteiger partial charge in [0.05, 0.1) is 12.7 Å². The number of amides is 2. The van der Waals surface area contributed by atoms with Gasteiger partial charge in [-0.1, -0.05) is 29.3 Å². The molecule has 38 heavy (non-hydrogen) atoms. The summed E-state index contributed by atoms with van der Waals surface area (Å²) in [5.74, 6) is 1.13. The van der Waals surface area contributed by atoms with E-state index in [0.29, 0.717) is 67.2 Å². The van der Waals surface area contributed by atoms with Crippen LogP contribution in [0.4, 0.5) is 0 Å². The minimum Gasteiger partial charge on any atom is -0.493 e. The number of aliphatic hydroxyl groups excluding tert-OH is 1. The fraction of sp³-hybridized carbons (Fsp3) is 0.517. The molecule has 0 aromatic heterocycles. The Kier molecular flexibility index (Phi) is 9.45. The number of likely N-dealkylation sites (tertiary alicyclic amines) is 2. The summed E-state index contributed by atoms with van der Waals surface area (Å²) in [5.41, 5.74) is 1.31. The average Bonchev–Trinajstić information content (AvgIpc) is 2.89. The van der Waals surface area contributed by atoms with Crippen LogP contribution in [0, 0.1) is 19.3 Å². The normalized spacial score (nSPS) is 20.3. The van der Waals surface area contributed by atoms with Gasteiger partial charge in [0.2, 0.25) is 5.91 Å². The summed E-state index contributed by atoms with van der Waals surface area (Å²) in [4.78, 5) is 30.2. The Hall–Kier alpha value is -2.48. The summed E-state index contributed by atoms with van der Waals surface area (Å²) < 4.78 is 12.0. The highest BCUT2D eigenvalue weighted by atomic mass is 35.5. The summed E-state index contributed by atoms with van der Waals surface area (Å²) in [6.45, 7) is 6.16. The summed E-state index contributed by atoms with van der Waals surface area (Å²) >= 11 is 12.4. The fourth-order valence-corrected chi connectivity index (χ4v) is 5.59. The maximum absolute atomic E-state index is 13.4. The van der Waals surface area contributed by atoms with Crippen molar-refractivity contribution in [1.82, 2.24) is 9.80 Å². The number of aryl methyl sites for hydroxylation is 2. The molecule has 2 heterocycles. The predicted octanol–water partition coefficient (Wildman–Crippen LogP) is 5.05. The van der Waals surface area contributed by atoms with Gasteiger partial charge in [0.1, 0.15) is 11.5 Å². The SMILES string of the molecule is Cc1cc(OC[C@]2(CC(=O)N3CCC(O)CC3)CCCN(C(=O)COc3cccc(Cl)c3)C2)cc(C)c1Cl. The van der Waals surface area contributed by atoms with Gasteiger partial charge in [-0.2, -0.15) is 0 Å². The lowest BCUT2D eigenvalue weighted by Crippen LogP contribution is -2.52. The quantitative estimate of drug-likeness (QED) is 0.487. The number of hydrogen-bond acceptors (Lipinski definition) is 5. The molecular weight excluding hydrogens is 527 g/mol. The van der Waals surface area contributed by atoms with Gasteiger partial charge in [-0.05, 0) is 81.0 Å². The van der Waals surface area contributed by atoms with Crippen molar-refractivity contribution in [2.45, 2.75) is 52.1 Å². The number of hydrogen-bond donors (Lipinski definition) is 1. The molecule has 2 aromatic carbocycles. The summed E-state index contributed by atoms with van der Waals surface area (Å²) in [6, 6.07) is 10.8. The first-order valence-corrected chi connectivity index (χ1v) is 13.9. The standard InChI is InChI=1S/C29H36Cl2N2O5/c1-20-13-25(14-21(2)28(20)31)38-19-29(16-26(35)32-11-7-23(34)8-12-32)9-4-10-33(18-29)27(36)17-37-24-6-3-5-22(30)15-24/h3,5-6,13-15,23,34H,4,7-12,16-19H2,1-2H3/t29-/m0/s1. The third kappa shape index (κ3) is 7.33. The Morgan fingerprint density at radius 3 is 2.37 bits per heavy atom. The van der Waals surface area contributed by atoms with E-state index < -0.39 is 5.41 Å². The van der Waals surface area contributed by atoms with Gasteiger partial charge in [-0.3, -0.25) is 9.59 Å². The van der Waals surface area contributed by atoms with Gasteiger partial charge < -0.3 is 24.4 Å². The van der Waals surface area contributed by atoms with E-state index in [1.807, 2.05) is 30.9 Å². The van der Waals surface area contributed by atoms with E-state index >= 15 is 0 Å². The highest BCUT2D eigenvalue weighted by molar-refractivity contribution is 6.32. The third-order valence-corrected chi connectivity index (χ3v) is 8.30. The lowest BCUT2D eigenvalue weighted by molar-refractivity contribution is -0.143. The van der Waals surface area contributed by atoms with Crippen molar-refractivity contribution < 1.29 is 24.2 Å². The van der Waals surface area contributed by atoms with Gasteiger partial charge in [0, 0.05) is 48.1 Å². The minimum atomic E-state index is -0.543. The molecule has 0 aliphatic carbocycles. The molecule has 7 nitrogen and oxygen atoms in total. The monoisotopic (exact) mass is 562 g/mol. The molecule has 2 amide bonds. The van der Waals surface area contributed by atoms with Crippen LogP contribution in [0.2, 0.25) is 10.0 Å². The van der Waals surface area contributed by atoms with Gasteiger partial charge in [-0.15, -0.1) is 0 Å². The molecule has 4 rings (SSSR count). The first-order valence-electron chi connectivity index (χ1n) is 13.2. The van der Waals surface area contributed by atoms with Gasteiger partial charge >= 0.3 is 0 Å². The first-order chi connectivity index (χ1) is 18.1. The second kappa shape index (κ2) is 12.6. The number of benzene rings is 2. The van der Waals surface area contributed by atoms with Crippen LogP contribution in [-0.2, 0) is 9.59 Å². The summed E-state index contributed by atoms with van der Waals surface area (Å²) in [7, 11) is 0. The van der Waals surface area contributed by atoms with Crippen LogP contribution in [0.3, 0.4) is 0 Å². The van der Waals surface area contributed by atoms with Crippen LogP contribution in [0.15, 0.2) is 36.4 Å². The van der Waals surface area contributed by atoms with Gasteiger partial charge in [0.25, 0.3) is 5.91 Å². The maximum Gasteiger partial charge on any atom is 0.260 e. The van der Waals surface area contributed by atoms with Crippen molar-refractivity contribution in [3.8, 4) is 11.5 Å². The second-order valence-electron chi connectivity index (χ2n) is 10.6. The minimum absolute atomic E-state index is 0.0356. The molecule has 9 heteroatoms. The van der Waals surface area contributed by atoms with Crippen molar-refractivity contribution in [1.29, 1.82) is 0 Å². The molecule has 2 aliphatic rings. The van der Waals surface area contributed by atoms with E-state index in [0.717, 1.165) is 24.0 Å². The van der Waals surface area contributed by atoms with Crippen molar-refractivity contribution in [3.63, 3.8) is 0 Å². The van der Waals surface area contributed by atoms with E-state index in [9.17, 15) is 14.7 Å². The van der Waals surface area contributed by atoms with Crippen molar-refractivity contribution in [2.24, 2.45) is 5.41 Å². The fourth-order valence-electron chi connectivity index (χ4n) is 5.30.